The van der Waals surface area contributed by atoms with E-state index in [4.69, 9.17) is 4.74 Å². The summed E-state index contributed by atoms with van der Waals surface area (Å²) in [5, 5.41) is 10.7. The second-order valence-electron chi connectivity index (χ2n) is 3.37. The number of nitro groups is 1. The van der Waals surface area contributed by atoms with Gasteiger partial charge in [0.25, 0.3) is 0 Å². The first-order valence-corrected chi connectivity index (χ1v) is 4.44. The minimum absolute atomic E-state index is 0.00407. The summed E-state index contributed by atoms with van der Waals surface area (Å²) in [6.45, 7) is 1.72. The third kappa shape index (κ3) is 1.81. The summed E-state index contributed by atoms with van der Waals surface area (Å²) in [4.78, 5) is 14.2. The van der Waals surface area contributed by atoms with Crippen LogP contribution in [0.4, 0.5) is 5.69 Å². The van der Waals surface area contributed by atoms with Crippen LogP contribution in [-0.2, 0) is 0 Å². The van der Waals surface area contributed by atoms with Gasteiger partial charge in [0.05, 0.1) is 17.2 Å². The molecule has 1 aromatic heterocycles. The molecule has 0 aliphatic heterocycles. The zero-order valence-electron chi connectivity index (χ0n) is 7.77. The zero-order chi connectivity index (χ0) is 10.1. The van der Waals surface area contributed by atoms with Crippen LogP contribution >= 0.6 is 0 Å². The maximum absolute atomic E-state index is 10.7. The summed E-state index contributed by atoms with van der Waals surface area (Å²) in [7, 11) is 0. The lowest BCUT2D eigenvalue weighted by atomic mass is 10.3. The summed E-state index contributed by atoms with van der Waals surface area (Å²) in [6, 6.07) is 1.43. The predicted molar refractivity (Wildman–Crippen MR) is 49.3 cm³/mol. The molecule has 0 spiro atoms. The maximum Gasteiger partial charge on any atom is 0.314 e. The molecule has 0 unspecified atom stereocenters. The fourth-order valence-electron chi connectivity index (χ4n) is 1.13. The first-order valence-electron chi connectivity index (χ1n) is 4.44. The predicted octanol–water partition coefficient (Wildman–Crippen LogP) is 1.84. The summed E-state index contributed by atoms with van der Waals surface area (Å²) < 4.78 is 5.37. The van der Waals surface area contributed by atoms with Gasteiger partial charge in [-0.3, -0.25) is 15.1 Å². The van der Waals surface area contributed by atoms with Crippen LogP contribution in [0.15, 0.2) is 12.3 Å². The molecule has 1 fully saturated rings. The van der Waals surface area contributed by atoms with Gasteiger partial charge in [0.1, 0.15) is 0 Å². The number of nitrogens with zero attached hydrogens (tertiary/aromatic N) is 2. The molecule has 0 aromatic carbocycles. The van der Waals surface area contributed by atoms with Crippen LogP contribution in [0, 0.1) is 17.0 Å². The van der Waals surface area contributed by atoms with E-state index < -0.39 is 4.92 Å². The average molecular weight is 194 g/mol. The summed E-state index contributed by atoms with van der Waals surface area (Å²) >= 11 is 0. The normalized spacial score (nSPS) is 15.2. The van der Waals surface area contributed by atoms with Gasteiger partial charge in [0.15, 0.2) is 0 Å². The lowest BCUT2D eigenvalue weighted by Crippen LogP contribution is -2.01. The summed E-state index contributed by atoms with van der Waals surface area (Å²) in [5.74, 6) is 0.281. The Morgan fingerprint density at radius 2 is 2.36 bits per heavy atom. The summed E-state index contributed by atoms with van der Waals surface area (Å²) in [5.41, 5.74) is 0.629. The van der Waals surface area contributed by atoms with Crippen LogP contribution < -0.4 is 4.74 Å². The maximum atomic E-state index is 10.7. The van der Waals surface area contributed by atoms with Gasteiger partial charge in [-0.1, -0.05) is 0 Å². The van der Waals surface area contributed by atoms with Crippen molar-refractivity contribution in [2.75, 3.05) is 0 Å². The minimum atomic E-state index is -0.438. The van der Waals surface area contributed by atoms with Crippen LogP contribution in [0.2, 0.25) is 0 Å². The fourth-order valence-corrected chi connectivity index (χ4v) is 1.13. The van der Waals surface area contributed by atoms with Crippen molar-refractivity contribution in [3.05, 3.63) is 28.1 Å². The van der Waals surface area contributed by atoms with Crippen LogP contribution in [-0.4, -0.2) is 16.0 Å². The van der Waals surface area contributed by atoms with E-state index in [0.717, 1.165) is 12.8 Å². The Balaban J connectivity index is 2.31. The van der Waals surface area contributed by atoms with E-state index in [2.05, 4.69) is 4.98 Å². The van der Waals surface area contributed by atoms with Gasteiger partial charge in [-0.25, -0.2) is 0 Å². The van der Waals surface area contributed by atoms with Crippen molar-refractivity contribution in [3.63, 3.8) is 0 Å². The highest BCUT2D eigenvalue weighted by molar-refractivity contribution is 5.45. The highest BCUT2D eigenvalue weighted by Gasteiger charge is 2.27. The van der Waals surface area contributed by atoms with Gasteiger partial charge >= 0.3 is 5.69 Å². The fraction of sp³-hybridized carbons (Fsp3) is 0.444. The Kier molecular flexibility index (Phi) is 2.07. The number of pyridine rings is 1. The first-order chi connectivity index (χ1) is 6.66. The van der Waals surface area contributed by atoms with E-state index in [1.807, 2.05) is 0 Å². The third-order valence-electron chi connectivity index (χ3n) is 2.00. The van der Waals surface area contributed by atoms with Gasteiger partial charge in [-0.15, -0.1) is 0 Å². The van der Waals surface area contributed by atoms with E-state index in [1.54, 1.807) is 6.92 Å². The molecule has 5 nitrogen and oxygen atoms in total. The molecule has 0 N–H and O–H groups in total. The first kappa shape index (κ1) is 8.93. The van der Waals surface area contributed by atoms with E-state index in [1.165, 1.54) is 12.3 Å². The van der Waals surface area contributed by atoms with Crippen LogP contribution in [0.5, 0.6) is 5.75 Å². The van der Waals surface area contributed by atoms with Crippen molar-refractivity contribution in [1.82, 2.24) is 4.98 Å². The van der Waals surface area contributed by atoms with E-state index in [9.17, 15) is 10.1 Å². The molecule has 1 aromatic rings. The van der Waals surface area contributed by atoms with Crippen LogP contribution in [0.3, 0.4) is 0 Å². The number of rotatable bonds is 3. The SMILES string of the molecule is Cc1cc([N+](=O)[O-])c(OC2CC2)cn1. The van der Waals surface area contributed by atoms with Crippen molar-refractivity contribution in [1.29, 1.82) is 0 Å². The molecule has 1 saturated carbocycles. The number of hydrogen-bond acceptors (Lipinski definition) is 4. The lowest BCUT2D eigenvalue weighted by molar-refractivity contribution is -0.386. The van der Waals surface area contributed by atoms with Gasteiger partial charge in [0.2, 0.25) is 5.75 Å². The Morgan fingerprint density at radius 1 is 1.64 bits per heavy atom. The topological polar surface area (TPSA) is 65.3 Å². The third-order valence-corrected chi connectivity index (χ3v) is 2.00. The number of hydrogen-bond donors (Lipinski definition) is 0. The molecule has 0 amide bonds. The molecule has 0 saturated heterocycles. The van der Waals surface area contributed by atoms with Gasteiger partial charge in [-0.2, -0.15) is 0 Å². The molecular formula is C9H10N2O3. The Bertz CT molecular complexity index is 374. The molecule has 1 aliphatic carbocycles. The minimum Gasteiger partial charge on any atom is -0.482 e. The molecule has 0 atom stereocenters. The number of ether oxygens (including phenoxy) is 1. The number of aryl methyl sites for hydroxylation is 1. The van der Waals surface area contributed by atoms with Gasteiger partial charge < -0.3 is 4.74 Å². The smallest absolute Gasteiger partial charge is 0.314 e. The average Bonchev–Trinajstić information content (AvgIpc) is 2.91. The van der Waals surface area contributed by atoms with Crippen molar-refractivity contribution in [3.8, 4) is 5.75 Å². The highest BCUT2D eigenvalue weighted by Crippen LogP contribution is 2.32. The molecule has 5 heteroatoms. The quantitative estimate of drug-likeness (QED) is 0.544. The van der Waals surface area contributed by atoms with E-state index >= 15 is 0 Å². The Hall–Kier alpha value is -1.65. The highest BCUT2D eigenvalue weighted by atomic mass is 16.6. The Labute approximate surface area is 80.9 Å². The second kappa shape index (κ2) is 3.25. The van der Waals surface area contributed by atoms with Crippen LogP contribution in [0.1, 0.15) is 18.5 Å². The van der Waals surface area contributed by atoms with Crippen LogP contribution in [0.25, 0.3) is 0 Å². The van der Waals surface area contributed by atoms with E-state index in [-0.39, 0.29) is 17.5 Å². The molecule has 2 rings (SSSR count). The van der Waals surface area contributed by atoms with E-state index in [0.29, 0.717) is 5.69 Å². The zero-order valence-corrected chi connectivity index (χ0v) is 7.77. The molecule has 0 radical (unpaired) electrons. The monoisotopic (exact) mass is 194 g/mol. The molecule has 1 aliphatic rings. The molecular weight excluding hydrogens is 184 g/mol. The molecule has 14 heavy (non-hydrogen) atoms. The van der Waals surface area contributed by atoms with Gasteiger partial charge in [-0.05, 0) is 19.8 Å². The van der Waals surface area contributed by atoms with Crippen molar-refractivity contribution in [2.24, 2.45) is 0 Å². The van der Waals surface area contributed by atoms with Gasteiger partial charge in [0, 0.05) is 11.8 Å². The largest absolute Gasteiger partial charge is 0.482 e. The Morgan fingerprint density at radius 3 is 2.93 bits per heavy atom. The van der Waals surface area contributed by atoms with Crippen molar-refractivity contribution < 1.29 is 9.66 Å². The lowest BCUT2D eigenvalue weighted by Gasteiger charge is -2.04. The molecule has 74 valence electrons. The standard InChI is InChI=1S/C9H10N2O3/c1-6-4-8(11(12)13)9(5-10-6)14-7-2-3-7/h4-5,7H,2-3H2,1H3. The van der Waals surface area contributed by atoms with Crippen molar-refractivity contribution >= 4 is 5.69 Å². The molecule has 1 heterocycles. The van der Waals surface area contributed by atoms with Crippen molar-refractivity contribution in [2.45, 2.75) is 25.9 Å². The molecule has 0 bridgehead atoms. The number of aromatic nitrogens is 1. The second-order valence-corrected chi connectivity index (χ2v) is 3.37. The summed E-state index contributed by atoms with van der Waals surface area (Å²) in [6.07, 6.45) is 3.53.